The number of rotatable bonds is 2. The fraction of sp³-hybridized carbons (Fsp3) is 0.235. The lowest BCUT2D eigenvalue weighted by Gasteiger charge is -2.29. The minimum atomic E-state index is 0.129. The van der Waals surface area contributed by atoms with E-state index in [2.05, 4.69) is 41.9 Å². The lowest BCUT2D eigenvalue weighted by molar-refractivity contribution is 0.756. The molecule has 2 aromatic rings. The Bertz CT molecular complexity index is 689. The summed E-state index contributed by atoms with van der Waals surface area (Å²) in [5, 5.41) is 0.701. The van der Waals surface area contributed by atoms with Gasteiger partial charge in [-0.25, -0.2) is 0 Å². The molecule has 1 unspecified atom stereocenters. The van der Waals surface area contributed by atoms with Crippen molar-refractivity contribution in [1.29, 1.82) is 0 Å². The Morgan fingerprint density at radius 2 is 1.81 bits per heavy atom. The predicted molar refractivity (Wildman–Crippen MR) is 89.1 cm³/mol. The smallest absolute Gasteiger partial charge is 0.196 e. The second kappa shape index (κ2) is 5.41. The normalized spacial score (nSPS) is 18.0. The SMILES string of the molecule is Cc1cccc(C)c1C1CN=C(N)N1c1cccc(Cl)c1. The number of guanidine groups is 1. The molecule has 1 atom stereocenters. The number of halogens is 1. The lowest BCUT2D eigenvalue weighted by atomic mass is 9.95. The summed E-state index contributed by atoms with van der Waals surface area (Å²) in [5.41, 5.74) is 10.9. The highest BCUT2D eigenvalue weighted by Gasteiger charge is 2.30. The van der Waals surface area contributed by atoms with Crippen LogP contribution in [0.1, 0.15) is 22.7 Å². The van der Waals surface area contributed by atoms with Crippen molar-refractivity contribution in [3.63, 3.8) is 0 Å². The molecule has 2 N–H and O–H groups in total. The molecule has 1 heterocycles. The molecule has 0 amide bonds. The summed E-state index contributed by atoms with van der Waals surface area (Å²) in [5.74, 6) is 0.546. The maximum atomic E-state index is 6.12. The first-order valence-corrected chi connectivity index (χ1v) is 7.36. The Balaban J connectivity index is 2.07. The van der Waals surface area contributed by atoms with E-state index in [0.29, 0.717) is 17.5 Å². The van der Waals surface area contributed by atoms with Gasteiger partial charge < -0.3 is 10.6 Å². The molecule has 0 saturated heterocycles. The maximum Gasteiger partial charge on any atom is 0.196 e. The summed E-state index contributed by atoms with van der Waals surface area (Å²) < 4.78 is 0. The minimum absolute atomic E-state index is 0.129. The van der Waals surface area contributed by atoms with Gasteiger partial charge in [0.2, 0.25) is 0 Å². The molecular weight excluding hydrogens is 282 g/mol. The molecule has 21 heavy (non-hydrogen) atoms. The molecule has 0 aromatic heterocycles. The zero-order valence-electron chi connectivity index (χ0n) is 12.2. The fourth-order valence-corrected chi connectivity index (χ4v) is 3.19. The van der Waals surface area contributed by atoms with E-state index in [1.807, 2.05) is 24.3 Å². The molecule has 108 valence electrons. The number of anilines is 1. The van der Waals surface area contributed by atoms with Crippen molar-refractivity contribution in [2.45, 2.75) is 19.9 Å². The van der Waals surface area contributed by atoms with Crippen LogP contribution in [0.2, 0.25) is 5.02 Å². The van der Waals surface area contributed by atoms with Crippen LogP contribution in [0.15, 0.2) is 47.5 Å². The molecule has 2 aromatic carbocycles. The average Bonchev–Trinajstić information content (AvgIpc) is 2.80. The molecule has 0 saturated carbocycles. The Morgan fingerprint density at radius 3 is 2.48 bits per heavy atom. The van der Waals surface area contributed by atoms with E-state index in [-0.39, 0.29) is 6.04 Å². The Hall–Kier alpha value is -2.00. The Kier molecular flexibility index (Phi) is 3.60. The van der Waals surface area contributed by atoms with Gasteiger partial charge in [-0.2, -0.15) is 0 Å². The van der Waals surface area contributed by atoms with Gasteiger partial charge in [0.1, 0.15) is 0 Å². The van der Waals surface area contributed by atoms with Gasteiger partial charge in [-0.15, -0.1) is 0 Å². The van der Waals surface area contributed by atoms with Crippen molar-refractivity contribution in [2.24, 2.45) is 10.7 Å². The Labute approximate surface area is 130 Å². The monoisotopic (exact) mass is 299 g/mol. The third-order valence-electron chi connectivity index (χ3n) is 3.95. The Morgan fingerprint density at radius 1 is 1.14 bits per heavy atom. The van der Waals surface area contributed by atoms with Crippen molar-refractivity contribution in [3.05, 3.63) is 64.2 Å². The molecule has 3 rings (SSSR count). The van der Waals surface area contributed by atoms with Crippen LogP contribution >= 0.6 is 11.6 Å². The van der Waals surface area contributed by atoms with Gasteiger partial charge >= 0.3 is 0 Å². The van der Waals surface area contributed by atoms with Gasteiger partial charge in [0.15, 0.2) is 5.96 Å². The second-order valence-corrected chi connectivity index (χ2v) is 5.81. The zero-order valence-corrected chi connectivity index (χ0v) is 12.9. The first kappa shape index (κ1) is 14.0. The predicted octanol–water partition coefficient (Wildman–Crippen LogP) is 3.83. The minimum Gasteiger partial charge on any atom is -0.369 e. The molecule has 0 aliphatic carbocycles. The van der Waals surface area contributed by atoms with E-state index in [0.717, 1.165) is 5.69 Å². The number of hydrogen-bond donors (Lipinski definition) is 1. The average molecular weight is 300 g/mol. The molecule has 0 fully saturated rings. The third-order valence-corrected chi connectivity index (χ3v) is 4.18. The largest absolute Gasteiger partial charge is 0.369 e. The molecule has 3 nitrogen and oxygen atoms in total. The summed E-state index contributed by atoms with van der Waals surface area (Å²) >= 11 is 6.12. The van der Waals surface area contributed by atoms with Gasteiger partial charge in [0.05, 0.1) is 12.6 Å². The van der Waals surface area contributed by atoms with Crippen LogP contribution in [0, 0.1) is 13.8 Å². The molecule has 0 spiro atoms. The summed E-state index contributed by atoms with van der Waals surface area (Å²) in [4.78, 5) is 6.51. The molecule has 0 bridgehead atoms. The molecular formula is C17H18ClN3. The van der Waals surface area contributed by atoms with Crippen LogP contribution in [0.4, 0.5) is 5.69 Å². The van der Waals surface area contributed by atoms with Gasteiger partial charge in [-0.3, -0.25) is 4.99 Å². The van der Waals surface area contributed by atoms with Crippen molar-refractivity contribution < 1.29 is 0 Å². The van der Waals surface area contributed by atoms with Gasteiger partial charge in [0.25, 0.3) is 0 Å². The second-order valence-electron chi connectivity index (χ2n) is 5.37. The lowest BCUT2D eigenvalue weighted by Crippen LogP contribution is -2.36. The first-order chi connectivity index (χ1) is 10.1. The van der Waals surface area contributed by atoms with Gasteiger partial charge in [-0.05, 0) is 48.7 Å². The van der Waals surface area contributed by atoms with E-state index in [4.69, 9.17) is 17.3 Å². The summed E-state index contributed by atoms with van der Waals surface area (Å²) in [6.45, 7) is 4.93. The number of hydrogen-bond acceptors (Lipinski definition) is 3. The van der Waals surface area contributed by atoms with Gasteiger partial charge in [0, 0.05) is 10.7 Å². The summed E-state index contributed by atoms with van der Waals surface area (Å²) in [6.07, 6.45) is 0. The van der Waals surface area contributed by atoms with Crippen LogP contribution in [0.25, 0.3) is 0 Å². The molecule has 1 aliphatic heterocycles. The van der Waals surface area contributed by atoms with E-state index >= 15 is 0 Å². The van der Waals surface area contributed by atoms with Crippen molar-refractivity contribution in [1.82, 2.24) is 0 Å². The molecule has 4 heteroatoms. The van der Waals surface area contributed by atoms with E-state index in [1.54, 1.807) is 0 Å². The van der Waals surface area contributed by atoms with Crippen molar-refractivity contribution in [2.75, 3.05) is 11.4 Å². The third kappa shape index (κ3) is 2.49. The topological polar surface area (TPSA) is 41.6 Å². The van der Waals surface area contributed by atoms with Crippen LogP contribution < -0.4 is 10.6 Å². The maximum absolute atomic E-state index is 6.12. The van der Waals surface area contributed by atoms with Gasteiger partial charge in [-0.1, -0.05) is 35.9 Å². The van der Waals surface area contributed by atoms with Crippen LogP contribution in [-0.2, 0) is 0 Å². The quantitative estimate of drug-likeness (QED) is 0.915. The summed E-state index contributed by atoms with van der Waals surface area (Å²) in [6, 6.07) is 14.2. The number of aliphatic imine (C=N–C) groups is 1. The molecule has 0 radical (unpaired) electrons. The highest BCUT2D eigenvalue weighted by molar-refractivity contribution is 6.30. The number of nitrogens with zero attached hydrogens (tertiary/aromatic N) is 2. The highest BCUT2D eigenvalue weighted by Crippen LogP contribution is 2.35. The highest BCUT2D eigenvalue weighted by atomic mass is 35.5. The zero-order chi connectivity index (χ0) is 15.0. The van der Waals surface area contributed by atoms with E-state index < -0.39 is 0 Å². The van der Waals surface area contributed by atoms with E-state index in [1.165, 1.54) is 16.7 Å². The molecule has 1 aliphatic rings. The van der Waals surface area contributed by atoms with E-state index in [9.17, 15) is 0 Å². The number of aryl methyl sites for hydroxylation is 2. The van der Waals surface area contributed by atoms with Crippen LogP contribution in [0.5, 0.6) is 0 Å². The standard InChI is InChI=1S/C17H18ClN3/c1-11-5-3-6-12(2)16(11)15-10-20-17(19)21(15)14-8-4-7-13(18)9-14/h3-9,15H,10H2,1-2H3,(H2,19,20). The van der Waals surface area contributed by atoms with Crippen molar-refractivity contribution in [3.8, 4) is 0 Å². The first-order valence-electron chi connectivity index (χ1n) is 6.99. The van der Waals surface area contributed by atoms with Crippen molar-refractivity contribution >= 4 is 23.2 Å². The van der Waals surface area contributed by atoms with Crippen LogP contribution in [0.3, 0.4) is 0 Å². The number of benzene rings is 2. The number of nitrogens with two attached hydrogens (primary N) is 1. The summed E-state index contributed by atoms with van der Waals surface area (Å²) in [7, 11) is 0. The fourth-order valence-electron chi connectivity index (χ4n) is 3.01. The van der Waals surface area contributed by atoms with Crippen LogP contribution in [-0.4, -0.2) is 12.5 Å².